The molecule has 0 atom stereocenters. The summed E-state index contributed by atoms with van der Waals surface area (Å²) in [6.07, 6.45) is 6.85. The van der Waals surface area contributed by atoms with Gasteiger partial charge in [0, 0.05) is 6.42 Å². The van der Waals surface area contributed by atoms with E-state index in [0.717, 1.165) is 18.6 Å². The van der Waals surface area contributed by atoms with Gasteiger partial charge in [0.15, 0.2) is 0 Å². The van der Waals surface area contributed by atoms with E-state index in [4.69, 9.17) is 11.2 Å². The van der Waals surface area contributed by atoms with Gasteiger partial charge in [0.1, 0.15) is 5.75 Å². The molecule has 0 aromatic heterocycles. The molecule has 0 aliphatic rings. The van der Waals surface area contributed by atoms with E-state index in [-0.39, 0.29) is 0 Å². The maximum atomic E-state index is 5.62. The first-order valence-corrected chi connectivity index (χ1v) is 5.45. The first kappa shape index (κ1) is 10.6. The fraction of sp³-hybridized carbons (Fsp3) is 0.200. The lowest BCUT2D eigenvalue weighted by molar-refractivity contribution is 0.313. The number of hydrogen-bond acceptors (Lipinski definition) is 1. The number of terminal acetylenes is 1. The van der Waals surface area contributed by atoms with E-state index in [0.29, 0.717) is 6.61 Å². The van der Waals surface area contributed by atoms with Crippen LogP contribution in [0.1, 0.15) is 12.8 Å². The fourth-order valence-corrected chi connectivity index (χ4v) is 1.62. The lowest BCUT2D eigenvalue weighted by Crippen LogP contribution is -1.96. The Labute approximate surface area is 96.1 Å². The largest absolute Gasteiger partial charge is 0.494 e. The second kappa shape index (κ2) is 5.23. The molecule has 16 heavy (non-hydrogen) atoms. The van der Waals surface area contributed by atoms with Crippen molar-refractivity contribution in [2.24, 2.45) is 0 Å². The first-order valence-electron chi connectivity index (χ1n) is 5.45. The van der Waals surface area contributed by atoms with Crippen molar-refractivity contribution in [2.75, 3.05) is 6.61 Å². The van der Waals surface area contributed by atoms with Crippen LogP contribution in [0.3, 0.4) is 0 Å². The number of unbranched alkanes of at least 4 members (excludes halogenated alkanes) is 1. The van der Waals surface area contributed by atoms with Gasteiger partial charge in [-0.1, -0.05) is 30.3 Å². The van der Waals surface area contributed by atoms with Crippen molar-refractivity contribution in [1.29, 1.82) is 0 Å². The summed E-state index contributed by atoms with van der Waals surface area (Å²) in [5.41, 5.74) is 0. The van der Waals surface area contributed by atoms with E-state index in [9.17, 15) is 0 Å². The van der Waals surface area contributed by atoms with Gasteiger partial charge in [0.25, 0.3) is 0 Å². The molecule has 0 aliphatic carbocycles. The van der Waals surface area contributed by atoms with Crippen LogP contribution in [0.2, 0.25) is 0 Å². The van der Waals surface area contributed by atoms with Crippen LogP contribution >= 0.6 is 0 Å². The molecule has 0 radical (unpaired) electrons. The summed E-state index contributed by atoms with van der Waals surface area (Å²) in [5.74, 6) is 3.52. The fourth-order valence-electron chi connectivity index (χ4n) is 1.62. The summed E-state index contributed by atoms with van der Waals surface area (Å²) >= 11 is 0. The van der Waals surface area contributed by atoms with Crippen LogP contribution in [-0.2, 0) is 0 Å². The zero-order chi connectivity index (χ0) is 11.2. The molecule has 0 spiro atoms. The highest BCUT2D eigenvalue weighted by molar-refractivity contribution is 5.83. The number of rotatable bonds is 4. The Morgan fingerprint density at radius 2 is 1.88 bits per heavy atom. The molecule has 0 heterocycles. The molecule has 2 aromatic carbocycles. The Morgan fingerprint density at radius 3 is 2.69 bits per heavy atom. The molecular formula is C15H14O. The molecule has 0 fully saturated rings. The van der Waals surface area contributed by atoms with E-state index in [1.165, 1.54) is 10.8 Å². The van der Waals surface area contributed by atoms with Crippen molar-refractivity contribution >= 4 is 10.8 Å². The van der Waals surface area contributed by atoms with Gasteiger partial charge in [-0.05, 0) is 29.3 Å². The topological polar surface area (TPSA) is 9.23 Å². The second-order valence-electron chi connectivity index (χ2n) is 3.67. The number of hydrogen-bond donors (Lipinski definition) is 0. The minimum absolute atomic E-state index is 0.683. The minimum Gasteiger partial charge on any atom is -0.494 e. The van der Waals surface area contributed by atoms with E-state index < -0.39 is 0 Å². The van der Waals surface area contributed by atoms with Crippen LogP contribution < -0.4 is 4.74 Å². The van der Waals surface area contributed by atoms with E-state index in [1.807, 2.05) is 18.2 Å². The molecule has 0 unspecified atom stereocenters. The molecule has 0 N–H and O–H groups in total. The lowest BCUT2D eigenvalue weighted by atomic mass is 10.1. The first-order chi connectivity index (χ1) is 7.90. The minimum atomic E-state index is 0.683. The number of fused-ring (bicyclic) bond motifs is 1. The average Bonchev–Trinajstić information content (AvgIpc) is 2.34. The van der Waals surface area contributed by atoms with E-state index in [2.05, 4.69) is 30.2 Å². The summed E-state index contributed by atoms with van der Waals surface area (Å²) in [6, 6.07) is 14.4. The van der Waals surface area contributed by atoms with Crippen molar-refractivity contribution in [3.05, 3.63) is 42.5 Å². The van der Waals surface area contributed by atoms with Crippen molar-refractivity contribution in [1.82, 2.24) is 0 Å². The summed E-state index contributed by atoms with van der Waals surface area (Å²) in [5, 5.41) is 2.44. The van der Waals surface area contributed by atoms with Gasteiger partial charge in [-0.2, -0.15) is 0 Å². The predicted octanol–water partition coefficient (Wildman–Crippen LogP) is 3.63. The number of ether oxygens (including phenoxy) is 1. The molecule has 0 aliphatic heterocycles. The van der Waals surface area contributed by atoms with Gasteiger partial charge in [-0.3, -0.25) is 0 Å². The van der Waals surface area contributed by atoms with Gasteiger partial charge in [-0.25, -0.2) is 0 Å². The molecule has 0 amide bonds. The smallest absolute Gasteiger partial charge is 0.119 e. The molecule has 0 bridgehead atoms. The highest BCUT2D eigenvalue weighted by atomic mass is 16.5. The van der Waals surface area contributed by atoms with Crippen molar-refractivity contribution < 1.29 is 4.74 Å². The van der Waals surface area contributed by atoms with Crippen molar-refractivity contribution in [3.8, 4) is 18.1 Å². The van der Waals surface area contributed by atoms with Gasteiger partial charge >= 0.3 is 0 Å². The van der Waals surface area contributed by atoms with Crippen LogP contribution in [0.15, 0.2) is 42.5 Å². The SMILES string of the molecule is C#CCCCOc1ccc2ccccc2c1. The van der Waals surface area contributed by atoms with Gasteiger partial charge < -0.3 is 4.74 Å². The van der Waals surface area contributed by atoms with Crippen molar-refractivity contribution in [2.45, 2.75) is 12.8 Å². The van der Waals surface area contributed by atoms with Crippen LogP contribution in [-0.4, -0.2) is 6.61 Å². The molecule has 0 saturated carbocycles. The third kappa shape index (κ3) is 2.55. The predicted molar refractivity (Wildman–Crippen MR) is 67.5 cm³/mol. The Bertz CT molecular complexity index is 508. The molecule has 2 aromatic rings. The second-order valence-corrected chi connectivity index (χ2v) is 3.67. The third-order valence-electron chi connectivity index (χ3n) is 2.46. The lowest BCUT2D eigenvalue weighted by Gasteiger charge is -2.06. The standard InChI is InChI=1S/C15H14O/c1-2-3-6-11-16-15-10-9-13-7-4-5-8-14(13)12-15/h1,4-5,7-10,12H,3,6,11H2. The molecule has 2 rings (SSSR count). The molecule has 80 valence electrons. The van der Waals surface area contributed by atoms with Crippen molar-refractivity contribution in [3.63, 3.8) is 0 Å². The maximum absolute atomic E-state index is 5.62. The van der Waals surface area contributed by atoms with Crippen LogP contribution in [0, 0.1) is 12.3 Å². The Kier molecular flexibility index (Phi) is 3.46. The summed E-state index contributed by atoms with van der Waals surface area (Å²) in [7, 11) is 0. The van der Waals surface area contributed by atoms with E-state index >= 15 is 0 Å². The Balaban J connectivity index is 2.05. The quantitative estimate of drug-likeness (QED) is 0.553. The molecular weight excluding hydrogens is 196 g/mol. The molecule has 0 saturated heterocycles. The van der Waals surface area contributed by atoms with Crippen LogP contribution in [0.5, 0.6) is 5.75 Å². The highest BCUT2D eigenvalue weighted by Crippen LogP contribution is 2.20. The van der Waals surface area contributed by atoms with Gasteiger partial charge in [0.2, 0.25) is 0 Å². The molecule has 1 nitrogen and oxygen atoms in total. The Hall–Kier alpha value is -1.94. The molecule has 1 heteroatoms. The zero-order valence-corrected chi connectivity index (χ0v) is 9.15. The van der Waals surface area contributed by atoms with Gasteiger partial charge in [0.05, 0.1) is 6.61 Å². The third-order valence-corrected chi connectivity index (χ3v) is 2.46. The van der Waals surface area contributed by atoms with Gasteiger partial charge in [-0.15, -0.1) is 12.3 Å². The van der Waals surface area contributed by atoms with E-state index in [1.54, 1.807) is 0 Å². The summed E-state index contributed by atoms with van der Waals surface area (Å²) in [4.78, 5) is 0. The monoisotopic (exact) mass is 210 g/mol. The summed E-state index contributed by atoms with van der Waals surface area (Å²) in [6.45, 7) is 0.683. The highest BCUT2D eigenvalue weighted by Gasteiger charge is 1.96. The zero-order valence-electron chi connectivity index (χ0n) is 9.15. The Morgan fingerprint density at radius 1 is 1.06 bits per heavy atom. The van der Waals surface area contributed by atoms with Crippen LogP contribution in [0.25, 0.3) is 10.8 Å². The number of benzene rings is 2. The summed E-state index contributed by atoms with van der Waals surface area (Å²) < 4.78 is 5.62. The maximum Gasteiger partial charge on any atom is 0.119 e. The van der Waals surface area contributed by atoms with Crippen LogP contribution in [0.4, 0.5) is 0 Å². The normalized spacial score (nSPS) is 9.94. The average molecular weight is 210 g/mol.